The summed E-state index contributed by atoms with van der Waals surface area (Å²) in [4.78, 5) is 0. The molecule has 1 unspecified atom stereocenters. The summed E-state index contributed by atoms with van der Waals surface area (Å²) >= 11 is 6.27. The highest BCUT2D eigenvalue weighted by molar-refractivity contribution is 6.31. The maximum absolute atomic E-state index is 9.56. The molecule has 92 valence electrons. The summed E-state index contributed by atoms with van der Waals surface area (Å²) < 4.78 is 1.95. The predicted octanol–water partition coefficient (Wildman–Crippen LogP) is 2.82. The van der Waals surface area contributed by atoms with Crippen LogP contribution in [0.25, 0.3) is 0 Å². The van der Waals surface area contributed by atoms with Crippen LogP contribution in [0.1, 0.15) is 45.0 Å². The van der Waals surface area contributed by atoms with Crippen molar-refractivity contribution >= 4 is 11.6 Å². The van der Waals surface area contributed by atoms with E-state index in [1.54, 1.807) is 0 Å². The van der Waals surface area contributed by atoms with Gasteiger partial charge in [-0.2, -0.15) is 5.10 Å². The molecule has 0 radical (unpaired) electrons. The number of aliphatic hydroxyl groups excluding tert-OH is 1. The minimum atomic E-state index is -0.235. The van der Waals surface area contributed by atoms with Gasteiger partial charge in [0, 0.05) is 6.54 Å². The Morgan fingerprint density at radius 1 is 1.38 bits per heavy atom. The van der Waals surface area contributed by atoms with E-state index in [4.69, 9.17) is 11.6 Å². The van der Waals surface area contributed by atoms with Crippen LogP contribution in [0.3, 0.4) is 0 Å². The van der Waals surface area contributed by atoms with Crippen molar-refractivity contribution < 1.29 is 5.11 Å². The van der Waals surface area contributed by atoms with Gasteiger partial charge in [-0.1, -0.05) is 25.4 Å². The molecule has 0 fully saturated rings. The van der Waals surface area contributed by atoms with Crippen LogP contribution < -0.4 is 0 Å². The van der Waals surface area contributed by atoms with Crippen molar-refractivity contribution in [2.45, 2.75) is 59.1 Å². The van der Waals surface area contributed by atoms with Gasteiger partial charge >= 0.3 is 0 Å². The SMILES string of the molecule is CCc1nn(CC)c(CCC(O)CC)c1Cl. The zero-order chi connectivity index (χ0) is 12.1. The van der Waals surface area contributed by atoms with Crippen molar-refractivity contribution in [3.8, 4) is 0 Å². The number of hydrogen-bond donors (Lipinski definition) is 1. The van der Waals surface area contributed by atoms with Crippen molar-refractivity contribution in [2.75, 3.05) is 0 Å². The van der Waals surface area contributed by atoms with E-state index in [9.17, 15) is 5.11 Å². The molecule has 0 bridgehead atoms. The van der Waals surface area contributed by atoms with E-state index in [1.807, 2.05) is 11.6 Å². The summed E-state index contributed by atoms with van der Waals surface area (Å²) in [6, 6.07) is 0. The van der Waals surface area contributed by atoms with Gasteiger partial charge in [0.15, 0.2) is 0 Å². The van der Waals surface area contributed by atoms with E-state index >= 15 is 0 Å². The average Bonchev–Trinajstić information content (AvgIpc) is 2.62. The van der Waals surface area contributed by atoms with Gasteiger partial charge < -0.3 is 5.11 Å². The van der Waals surface area contributed by atoms with Gasteiger partial charge in [-0.15, -0.1) is 0 Å². The molecule has 1 atom stereocenters. The highest BCUT2D eigenvalue weighted by Crippen LogP contribution is 2.23. The third-order valence-corrected chi connectivity index (χ3v) is 3.32. The minimum absolute atomic E-state index is 0.235. The van der Waals surface area contributed by atoms with Crippen molar-refractivity contribution in [3.63, 3.8) is 0 Å². The number of aromatic nitrogens is 2. The standard InChI is InChI=1S/C12H21ClN2O/c1-4-9(16)7-8-11-12(13)10(5-2)14-15(11)6-3/h9,16H,4-8H2,1-3H3. The van der Waals surface area contributed by atoms with E-state index in [0.29, 0.717) is 0 Å². The van der Waals surface area contributed by atoms with Crippen LogP contribution in [0, 0.1) is 0 Å². The second-order valence-electron chi connectivity index (χ2n) is 3.98. The molecule has 3 nitrogen and oxygen atoms in total. The van der Waals surface area contributed by atoms with E-state index < -0.39 is 0 Å². The second-order valence-corrected chi connectivity index (χ2v) is 4.36. The van der Waals surface area contributed by atoms with Crippen molar-refractivity contribution in [2.24, 2.45) is 0 Å². The Kier molecular flexibility index (Phi) is 5.29. The first kappa shape index (κ1) is 13.5. The maximum Gasteiger partial charge on any atom is 0.0849 e. The quantitative estimate of drug-likeness (QED) is 0.836. The third-order valence-electron chi connectivity index (χ3n) is 2.88. The summed E-state index contributed by atoms with van der Waals surface area (Å²) in [5.41, 5.74) is 2.03. The molecule has 1 heterocycles. The first-order chi connectivity index (χ1) is 7.63. The van der Waals surface area contributed by atoms with Gasteiger partial charge in [-0.3, -0.25) is 4.68 Å². The molecule has 16 heavy (non-hydrogen) atoms. The second kappa shape index (κ2) is 6.26. The van der Waals surface area contributed by atoms with E-state index in [2.05, 4.69) is 18.9 Å². The van der Waals surface area contributed by atoms with E-state index in [-0.39, 0.29) is 6.10 Å². The molecule has 0 amide bonds. The molecule has 1 aromatic heterocycles. The Hall–Kier alpha value is -0.540. The molecule has 0 aliphatic carbocycles. The Morgan fingerprint density at radius 2 is 2.06 bits per heavy atom. The molecule has 1 N–H and O–H groups in total. The molecule has 0 aliphatic rings. The largest absolute Gasteiger partial charge is 0.393 e. The molecule has 0 aromatic carbocycles. The number of rotatable bonds is 6. The molecule has 1 rings (SSSR count). The topological polar surface area (TPSA) is 38.0 Å². The number of nitrogens with zero attached hydrogens (tertiary/aromatic N) is 2. The summed E-state index contributed by atoms with van der Waals surface area (Å²) in [5.74, 6) is 0. The Morgan fingerprint density at radius 3 is 2.56 bits per heavy atom. The Bertz CT molecular complexity index is 336. The summed E-state index contributed by atoms with van der Waals surface area (Å²) in [5, 5.41) is 14.8. The predicted molar refractivity (Wildman–Crippen MR) is 66.9 cm³/mol. The van der Waals surface area contributed by atoms with Gasteiger partial charge in [0.1, 0.15) is 0 Å². The number of hydrogen-bond acceptors (Lipinski definition) is 2. The molecule has 1 aromatic rings. The van der Waals surface area contributed by atoms with Crippen molar-refractivity contribution in [3.05, 3.63) is 16.4 Å². The zero-order valence-corrected chi connectivity index (χ0v) is 11.1. The fourth-order valence-corrected chi connectivity index (χ4v) is 2.13. The molecule has 0 spiro atoms. The van der Waals surface area contributed by atoms with Crippen LogP contribution in [0.4, 0.5) is 0 Å². The Labute approximate surface area is 102 Å². The van der Waals surface area contributed by atoms with Gasteiger partial charge in [0.2, 0.25) is 0 Å². The molecule has 0 saturated heterocycles. The Balaban J connectivity index is 2.80. The first-order valence-electron chi connectivity index (χ1n) is 6.06. The average molecular weight is 245 g/mol. The van der Waals surface area contributed by atoms with E-state index in [1.165, 1.54) is 0 Å². The van der Waals surface area contributed by atoms with Crippen LogP contribution in [-0.4, -0.2) is 21.0 Å². The van der Waals surface area contributed by atoms with Gasteiger partial charge in [-0.05, 0) is 32.6 Å². The zero-order valence-electron chi connectivity index (χ0n) is 10.3. The number of aliphatic hydroxyl groups is 1. The van der Waals surface area contributed by atoms with Crippen LogP contribution in [0.15, 0.2) is 0 Å². The minimum Gasteiger partial charge on any atom is -0.393 e. The highest BCUT2D eigenvalue weighted by atomic mass is 35.5. The summed E-state index contributed by atoms with van der Waals surface area (Å²) in [6.45, 7) is 6.93. The monoisotopic (exact) mass is 244 g/mol. The van der Waals surface area contributed by atoms with Crippen LogP contribution in [-0.2, 0) is 19.4 Å². The number of halogens is 1. The van der Waals surface area contributed by atoms with Crippen LogP contribution >= 0.6 is 11.6 Å². The third kappa shape index (κ3) is 2.98. The lowest BCUT2D eigenvalue weighted by molar-refractivity contribution is 0.160. The first-order valence-corrected chi connectivity index (χ1v) is 6.43. The smallest absolute Gasteiger partial charge is 0.0849 e. The van der Waals surface area contributed by atoms with Gasteiger partial charge in [0.05, 0.1) is 22.5 Å². The molecular weight excluding hydrogens is 224 g/mol. The fourth-order valence-electron chi connectivity index (χ4n) is 1.76. The molecule has 0 saturated carbocycles. The molecular formula is C12H21ClN2O. The number of aryl methyl sites for hydroxylation is 2. The normalized spacial score (nSPS) is 13.1. The van der Waals surface area contributed by atoms with Crippen molar-refractivity contribution in [1.29, 1.82) is 0 Å². The van der Waals surface area contributed by atoms with Gasteiger partial charge in [-0.25, -0.2) is 0 Å². The fraction of sp³-hybridized carbons (Fsp3) is 0.750. The lowest BCUT2D eigenvalue weighted by Crippen LogP contribution is -2.09. The van der Waals surface area contributed by atoms with Crippen LogP contribution in [0.2, 0.25) is 5.02 Å². The van der Waals surface area contributed by atoms with Crippen LogP contribution in [0.5, 0.6) is 0 Å². The highest BCUT2D eigenvalue weighted by Gasteiger charge is 2.14. The maximum atomic E-state index is 9.56. The van der Waals surface area contributed by atoms with Gasteiger partial charge in [0.25, 0.3) is 0 Å². The lowest BCUT2D eigenvalue weighted by Gasteiger charge is -2.08. The van der Waals surface area contributed by atoms with Crippen molar-refractivity contribution in [1.82, 2.24) is 9.78 Å². The molecule has 0 aliphatic heterocycles. The summed E-state index contributed by atoms with van der Waals surface area (Å²) in [6.07, 6.45) is 2.97. The molecule has 4 heteroatoms. The summed E-state index contributed by atoms with van der Waals surface area (Å²) in [7, 11) is 0. The van der Waals surface area contributed by atoms with E-state index in [0.717, 1.165) is 48.6 Å². The lowest BCUT2D eigenvalue weighted by atomic mass is 10.1.